The van der Waals surface area contributed by atoms with E-state index in [9.17, 15) is 29.4 Å². The van der Waals surface area contributed by atoms with E-state index in [1.807, 2.05) is 5.32 Å². The number of carboxylic acids is 1. The van der Waals surface area contributed by atoms with Crippen LogP contribution in [0.3, 0.4) is 0 Å². The Morgan fingerprint density at radius 2 is 1.39 bits per heavy atom. The van der Waals surface area contributed by atoms with E-state index in [4.69, 9.17) is 27.4 Å². The van der Waals surface area contributed by atoms with E-state index in [1.54, 1.807) is 0 Å². The van der Waals surface area contributed by atoms with E-state index in [2.05, 4.69) is 15.6 Å². The fraction of sp³-hybridized carbons (Fsp3) is 0.476. The fourth-order valence-corrected chi connectivity index (χ4v) is 2.93. The zero-order chi connectivity index (χ0) is 27.3. The van der Waals surface area contributed by atoms with Crippen LogP contribution in [0, 0.1) is 0 Å². The number of phenols is 1. The predicted octanol–water partition coefficient (Wildman–Crippen LogP) is -4.16. The molecule has 0 aliphatic heterocycles. The number of aliphatic hydroxyl groups excluding tert-OH is 2. The van der Waals surface area contributed by atoms with Crippen molar-refractivity contribution in [2.75, 3.05) is 19.8 Å². The number of guanidine groups is 1. The summed E-state index contributed by atoms with van der Waals surface area (Å²) in [4.78, 5) is 52.7. The number of hydrogen-bond acceptors (Lipinski definition) is 9. The van der Waals surface area contributed by atoms with Gasteiger partial charge in [0, 0.05) is 13.0 Å². The quantitative estimate of drug-likeness (QED) is 0.0612. The first-order valence-corrected chi connectivity index (χ1v) is 10.9. The normalized spacial score (nSPS) is 14.0. The third-order valence-corrected chi connectivity index (χ3v) is 4.93. The predicted molar refractivity (Wildman–Crippen MR) is 127 cm³/mol. The summed E-state index contributed by atoms with van der Waals surface area (Å²) in [6, 6.07) is 0.329. The number of aliphatic imine (C=N–C) groups is 1. The SMILES string of the molecule is NC(N)=NCCCC(N)C(=O)NC(Cc1ccc(O)cc1)C(=O)NC(CO)C(=O)NC(CO)C(=O)O. The molecule has 15 heteroatoms. The molecule has 0 aromatic heterocycles. The molecule has 0 saturated heterocycles. The monoisotopic (exact) mass is 511 g/mol. The summed E-state index contributed by atoms with van der Waals surface area (Å²) in [7, 11) is 0. The summed E-state index contributed by atoms with van der Waals surface area (Å²) in [5.41, 5.74) is 16.9. The average Bonchev–Trinajstić information content (AvgIpc) is 2.83. The molecule has 0 fully saturated rings. The van der Waals surface area contributed by atoms with E-state index in [-0.39, 0.29) is 31.1 Å². The van der Waals surface area contributed by atoms with Gasteiger partial charge in [0.2, 0.25) is 17.7 Å². The first-order chi connectivity index (χ1) is 17.0. The molecule has 0 aliphatic carbocycles. The topological polar surface area (TPSA) is 276 Å². The van der Waals surface area contributed by atoms with Gasteiger partial charge in [-0.05, 0) is 30.5 Å². The van der Waals surface area contributed by atoms with Gasteiger partial charge < -0.3 is 53.6 Å². The number of nitrogens with two attached hydrogens (primary N) is 3. The maximum atomic E-state index is 13.0. The highest BCUT2D eigenvalue weighted by atomic mass is 16.4. The molecule has 36 heavy (non-hydrogen) atoms. The van der Waals surface area contributed by atoms with E-state index < -0.39 is 61.1 Å². The molecule has 0 radical (unpaired) electrons. The van der Waals surface area contributed by atoms with Gasteiger partial charge in [-0.25, -0.2) is 4.79 Å². The van der Waals surface area contributed by atoms with Crippen molar-refractivity contribution in [2.45, 2.75) is 43.4 Å². The van der Waals surface area contributed by atoms with Gasteiger partial charge in [0.25, 0.3) is 0 Å². The van der Waals surface area contributed by atoms with Crippen molar-refractivity contribution in [3.05, 3.63) is 29.8 Å². The van der Waals surface area contributed by atoms with Crippen molar-refractivity contribution < 1.29 is 39.6 Å². The molecule has 0 aliphatic rings. The molecule has 3 amide bonds. The van der Waals surface area contributed by atoms with Gasteiger partial charge in [0.1, 0.15) is 23.9 Å². The minimum absolute atomic E-state index is 0.0135. The van der Waals surface area contributed by atoms with Crippen molar-refractivity contribution in [1.82, 2.24) is 16.0 Å². The third-order valence-electron chi connectivity index (χ3n) is 4.93. The Morgan fingerprint density at radius 3 is 1.92 bits per heavy atom. The smallest absolute Gasteiger partial charge is 0.328 e. The summed E-state index contributed by atoms with van der Waals surface area (Å²) in [5.74, 6) is -4.22. The highest BCUT2D eigenvalue weighted by Crippen LogP contribution is 2.12. The maximum Gasteiger partial charge on any atom is 0.328 e. The van der Waals surface area contributed by atoms with Crippen LogP contribution < -0.4 is 33.2 Å². The van der Waals surface area contributed by atoms with Crippen LogP contribution in [0.1, 0.15) is 18.4 Å². The second-order valence-electron chi connectivity index (χ2n) is 7.81. The lowest BCUT2D eigenvalue weighted by Gasteiger charge is -2.24. The number of nitrogens with one attached hydrogen (secondary N) is 3. The minimum Gasteiger partial charge on any atom is -0.508 e. The van der Waals surface area contributed by atoms with Gasteiger partial charge in [0.15, 0.2) is 5.96 Å². The van der Waals surface area contributed by atoms with Crippen LogP contribution in [-0.2, 0) is 25.6 Å². The van der Waals surface area contributed by atoms with Gasteiger partial charge >= 0.3 is 5.97 Å². The zero-order valence-electron chi connectivity index (χ0n) is 19.5. The van der Waals surface area contributed by atoms with E-state index >= 15 is 0 Å². The summed E-state index contributed by atoms with van der Waals surface area (Å²) in [6.45, 7) is -1.55. The largest absolute Gasteiger partial charge is 0.508 e. The van der Waals surface area contributed by atoms with Crippen molar-refractivity contribution in [1.29, 1.82) is 0 Å². The Bertz CT molecular complexity index is 921. The van der Waals surface area contributed by atoms with Crippen LogP contribution >= 0.6 is 0 Å². The zero-order valence-corrected chi connectivity index (χ0v) is 19.5. The Balaban J connectivity index is 2.95. The average molecular weight is 512 g/mol. The molecule has 4 unspecified atom stereocenters. The van der Waals surface area contributed by atoms with Crippen molar-refractivity contribution in [2.24, 2.45) is 22.2 Å². The fourth-order valence-electron chi connectivity index (χ4n) is 2.93. The molecule has 1 aromatic carbocycles. The van der Waals surface area contributed by atoms with Crippen LogP contribution in [0.5, 0.6) is 5.75 Å². The lowest BCUT2D eigenvalue weighted by Crippen LogP contribution is -2.58. The maximum absolute atomic E-state index is 13.0. The van der Waals surface area contributed by atoms with E-state index in [0.29, 0.717) is 12.0 Å². The van der Waals surface area contributed by atoms with Crippen LogP contribution in [0.2, 0.25) is 0 Å². The number of hydrogen-bond donors (Lipinski definition) is 10. The van der Waals surface area contributed by atoms with Gasteiger partial charge in [-0.3, -0.25) is 19.4 Å². The number of rotatable bonds is 15. The highest BCUT2D eigenvalue weighted by molar-refractivity contribution is 5.94. The molecule has 1 rings (SSSR count). The molecule has 0 spiro atoms. The van der Waals surface area contributed by atoms with E-state index in [0.717, 1.165) is 0 Å². The number of aliphatic carboxylic acids is 1. The van der Waals surface area contributed by atoms with Gasteiger partial charge in [-0.2, -0.15) is 0 Å². The molecule has 200 valence electrons. The third kappa shape index (κ3) is 10.5. The molecule has 15 nitrogen and oxygen atoms in total. The van der Waals surface area contributed by atoms with Gasteiger partial charge in [0.05, 0.1) is 19.3 Å². The summed E-state index contributed by atoms with van der Waals surface area (Å²) >= 11 is 0. The van der Waals surface area contributed by atoms with Crippen molar-refractivity contribution in [3.8, 4) is 5.75 Å². The number of carbonyl (C=O) groups excluding carboxylic acids is 3. The molecule has 13 N–H and O–H groups in total. The molecule has 1 aromatic rings. The summed E-state index contributed by atoms with van der Waals surface area (Å²) in [6.07, 6.45) is 0.534. The van der Waals surface area contributed by atoms with Crippen LogP contribution in [0.4, 0.5) is 0 Å². The standard InChI is InChI=1S/C21H33N7O8/c22-13(2-1-7-25-21(23)24)17(32)26-14(8-11-3-5-12(31)6-4-11)18(33)27-15(9-29)19(34)28-16(10-30)20(35)36/h3-6,13-16,29-31H,1-2,7-10,22H2,(H,26,32)(H,27,33)(H,28,34)(H,35,36)(H4,23,24,25). The molecule has 0 heterocycles. The first kappa shape index (κ1) is 30.1. The molecule has 0 bridgehead atoms. The Hall–Kier alpha value is -3.95. The number of carbonyl (C=O) groups is 4. The number of amides is 3. The number of aliphatic hydroxyl groups is 2. The molecular weight excluding hydrogens is 478 g/mol. The number of carboxylic acid groups (broad SMARTS) is 1. The van der Waals surface area contributed by atoms with Gasteiger partial charge in [-0.15, -0.1) is 0 Å². The lowest BCUT2D eigenvalue weighted by atomic mass is 10.0. The Labute approximate surface area is 206 Å². The first-order valence-electron chi connectivity index (χ1n) is 10.9. The Kier molecular flexibility index (Phi) is 12.6. The van der Waals surface area contributed by atoms with Crippen LogP contribution in [0.25, 0.3) is 0 Å². The summed E-state index contributed by atoms with van der Waals surface area (Å²) in [5, 5.41) is 43.8. The second kappa shape index (κ2) is 15.1. The van der Waals surface area contributed by atoms with Crippen LogP contribution in [-0.4, -0.2) is 94.0 Å². The minimum atomic E-state index is -1.65. The summed E-state index contributed by atoms with van der Waals surface area (Å²) < 4.78 is 0. The number of phenolic OH excluding ortho intramolecular Hbond substituents is 1. The molecule has 4 atom stereocenters. The van der Waals surface area contributed by atoms with E-state index in [1.165, 1.54) is 24.3 Å². The molecule has 0 saturated carbocycles. The lowest BCUT2D eigenvalue weighted by molar-refractivity contribution is -0.143. The van der Waals surface area contributed by atoms with Crippen LogP contribution in [0.15, 0.2) is 29.3 Å². The Morgan fingerprint density at radius 1 is 0.861 bits per heavy atom. The van der Waals surface area contributed by atoms with Crippen molar-refractivity contribution in [3.63, 3.8) is 0 Å². The number of aromatic hydroxyl groups is 1. The van der Waals surface area contributed by atoms with Crippen molar-refractivity contribution >= 4 is 29.7 Å². The molecular formula is C21H33N7O8. The number of benzene rings is 1. The number of nitrogens with zero attached hydrogens (tertiary/aromatic N) is 1. The van der Waals surface area contributed by atoms with Gasteiger partial charge in [-0.1, -0.05) is 12.1 Å². The highest BCUT2D eigenvalue weighted by Gasteiger charge is 2.30. The second-order valence-corrected chi connectivity index (χ2v) is 7.81.